The second-order valence-electron chi connectivity index (χ2n) is 4.20. The molecule has 1 aliphatic rings. The van der Waals surface area contributed by atoms with Gasteiger partial charge in [0.25, 0.3) is 0 Å². The van der Waals surface area contributed by atoms with Crippen LogP contribution in [0, 0.1) is 11.8 Å². The lowest BCUT2D eigenvalue weighted by Crippen LogP contribution is -2.15. The van der Waals surface area contributed by atoms with Gasteiger partial charge in [0.1, 0.15) is 0 Å². The summed E-state index contributed by atoms with van der Waals surface area (Å²) in [5.74, 6) is -0.203. The minimum Gasteiger partial charge on any atom is -0.465 e. The molecule has 0 aromatic heterocycles. The number of rotatable bonds is 4. The van der Waals surface area contributed by atoms with Gasteiger partial charge in [0.15, 0.2) is 9.84 Å². The predicted molar refractivity (Wildman–Crippen MR) is 56.8 cm³/mol. The SMILES string of the molecule is CC(C)COC(=O)CC1C=CS(=O)(=O)C1. The zero-order valence-electron chi connectivity index (χ0n) is 8.97. The summed E-state index contributed by atoms with van der Waals surface area (Å²) in [4.78, 5) is 11.3. The molecule has 15 heavy (non-hydrogen) atoms. The summed E-state index contributed by atoms with van der Waals surface area (Å²) >= 11 is 0. The van der Waals surface area contributed by atoms with E-state index >= 15 is 0 Å². The summed E-state index contributed by atoms with van der Waals surface area (Å²) < 4.78 is 27.1. The molecular formula is C10H16O4S. The van der Waals surface area contributed by atoms with Crippen molar-refractivity contribution in [1.82, 2.24) is 0 Å². The second-order valence-corrected chi connectivity index (χ2v) is 6.13. The molecule has 5 heteroatoms. The average molecular weight is 232 g/mol. The summed E-state index contributed by atoms with van der Waals surface area (Å²) in [5.41, 5.74) is 0. The monoisotopic (exact) mass is 232 g/mol. The molecule has 0 N–H and O–H groups in total. The highest BCUT2D eigenvalue weighted by molar-refractivity contribution is 7.94. The zero-order valence-corrected chi connectivity index (χ0v) is 9.79. The Morgan fingerprint density at radius 1 is 1.53 bits per heavy atom. The van der Waals surface area contributed by atoms with Crippen LogP contribution in [0.1, 0.15) is 20.3 Å². The Morgan fingerprint density at radius 3 is 2.67 bits per heavy atom. The second kappa shape index (κ2) is 4.79. The first kappa shape index (κ1) is 12.2. The van der Waals surface area contributed by atoms with Crippen molar-refractivity contribution in [3.63, 3.8) is 0 Å². The van der Waals surface area contributed by atoms with Crippen LogP contribution in [0.15, 0.2) is 11.5 Å². The van der Waals surface area contributed by atoms with Crippen molar-refractivity contribution in [3.05, 3.63) is 11.5 Å². The Kier molecular flexibility index (Phi) is 3.90. The van der Waals surface area contributed by atoms with Gasteiger partial charge < -0.3 is 4.74 Å². The molecule has 0 saturated heterocycles. The summed E-state index contributed by atoms with van der Waals surface area (Å²) in [5, 5.41) is 1.17. The van der Waals surface area contributed by atoms with Crippen LogP contribution in [-0.2, 0) is 19.4 Å². The lowest BCUT2D eigenvalue weighted by molar-refractivity contribution is -0.145. The Labute approximate surface area is 90.2 Å². The first-order valence-electron chi connectivity index (χ1n) is 4.95. The van der Waals surface area contributed by atoms with Gasteiger partial charge in [0.2, 0.25) is 0 Å². The summed E-state index contributed by atoms with van der Waals surface area (Å²) in [6.07, 6.45) is 1.72. The van der Waals surface area contributed by atoms with Crippen molar-refractivity contribution >= 4 is 15.8 Å². The standard InChI is InChI=1S/C10H16O4S/c1-8(2)6-14-10(11)5-9-3-4-15(12,13)7-9/h3-4,8-9H,5-7H2,1-2H3. The minimum atomic E-state index is -3.06. The van der Waals surface area contributed by atoms with E-state index in [0.717, 1.165) is 0 Å². The molecule has 0 amide bonds. The molecule has 0 bridgehead atoms. The van der Waals surface area contributed by atoms with Gasteiger partial charge in [-0.15, -0.1) is 0 Å². The number of esters is 1. The van der Waals surface area contributed by atoms with E-state index < -0.39 is 9.84 Å². The van der Waals surface area contributed by atoms with Crippen LogP contribution >= 0.6 is 0 Å². The maximum atomic E-state index is 11.3. The fourth-order valence-electron chi connectivity index (χ4n) is 1.30. The molecule has 86 valence electrons. The lowest BCUT2D eigenvalue weighted by atomic mass is 10.1. The number of carbonyl (C=O) groups excluding carboxylic acids is 1. The summed E-state index contributed by atoms with van der Waals surface area (Å²) in [6, 6.07) is 0. The molecule has 0 aromatic carbocycles. The molecule has 1 atom stereocenters. The maximum Gasteiger partial charge on any atom is 0.306 e. The van der Waals surface area contributed by atoms with Gasteiger partial charge in [-0.2, -0.15) is 0 Å². The van der Waals surface area contributed by atoms with Gasteiger partial charge in [-0.25, -0.2) is 8.42 Å². The van der Waals surface area contributed by atoms with Crippen LogP contribution < -0.4 is 0 Å². The van der Waals surface area contributed by atoms with Crippen LogP contribution in [0.5, 0.6) is 0 Å². The van der Waals surface area contributed by atoms with Crippen LogP contribution in [0.2, 0.25) is 0 Å². The molecular weight excluding hydrogens is 216 g/mol. The zero-order chi connectivity index (χ0) is 11.5. The predicted octanol–water partition coefficient (Wildman–Crippen LogP) is 1.13. The van der Waals surface area contributed by atoms with Gasteiger partial charge in [0.05, 0.1) is 18.8 Å². The fourth-order valence-corrected chi connectivity index (χ4v) is 2.70. The van der Waals surface area contributed by atoms with E-state index in [0.29, 0.717) is 12.5 Å². The van der Waals surface area contributed by atoms with E-state index in [1.807, 2.05) is 13.8 Å². The Bertz CT molecular complexity index is 354. The van der Waals surface area contributed by atoms with E-state index in [1.54, 1.807) is 6.08 Å². The normalized spacial score (nSPS) is 23.3. The van der Waals surface area contributed by atoms with Gasteiger partial charge >= 0.3 is 5.97 Å². The van der Waals surface area contributed by atoms with Gasteiger partial charge in [-0.1, -0.05) is 19.9 Å². The minimum absolute atomic E-state index is 0.0315. The highest BCUT2D eigenvalue weighted by atomic mass is 32.2. The van der Waals surface area contributed by atoms with Crippen LogP contribution in [0.25, 0.3) is 0 Å². The van der Waals surface area contributed by atoms with E-state index in [9.17, 15) is 13.2 Å². The molecule has 0 fully saturated rings. The summed E-state index contributed by atoms with van der Waals surface area (Å²) in [7, 11) is -3.06. The van der Waals surface area contributed by atoms with Crippen LogP contribution in [-0.4, -0.2) is 26.7 Å². The highest BCUT2D eigenvalue weighted by Gasteiger charge is 2.24. The largest absolute Gasteiger partial charge is 0.465 e. The molecule has 0 radical (unpaired) electrons. The fraction of sp³-hybridized carbons (Fsp3) is 0.700. The van der Waals surface area contributed by atoms with Crippen molar-refractivity contribution in [2.75, 3.05) is 12.4 Å². The quantitative estimate of drug-likeness (QED) is 0.682. The molecule has 1 heterocycles. The number of hydrogen-bond acceptors (Lipinski definition) is 4. The number of carbonyl (C=O) groups is 1. The van der Waals surface area contributed by atoms with Crippen molar-refractivity contribution in [2.24, 2.45) is 11.8 Å². The van der Waals surface area contributed by atoms with Crippen LogP contribution in [0.4, 0.5) is 0 Å². The Hall–Kier alpha value is -0.840. The van der Waals surface area contributed by atoms with Gasteiger partial charge in [-0.3, -0.25) is 4.79 Å². The van der Waals surface area contributed by atoms with Crippen molar-refractivity contribution in [2.45, 2.75) is 20.3 Å². The molecule has 0 aliphatic carbocycles. The van der Waals surface area contributed by atoms with Crippen molar-refractivity contribution in [1.29, 1.82) is 0 Å². The molecule has 0 aromatic rings. The number of allylic oxidation sites excluding steroid dienone is 1. The molecule has 0 spiro atoms. The Morgan fingerprint density at radius 2 is 2.20 bits per heavy atom. The third kappa shape index (κ3) is 4.46. The van der Waals surface area contributed by atoms with Gasteiger partial charge in [-0.05, 0) is 5.92 Å². The first-order valence-corrected chi connectivity index (χ1v) is 6.67. The number of sulfone groups is 1. The summed E-state index contributed by atoms with van der Waals surface area (Å²) in [6.45, 7) is 4.29. The highest BCUT2D eigenvalue weighted by Crippen LogP contribution is 2.18. The first-order chi connectivity index (χ1) is 6.89. The van der Waals surface area contributed by atoms with Crippen molar-refractivity contribution in [3.8, 4) is 0 Å². The third-order valence-electron chi connectivity index (χ3n) is 2.01. The van der Waals surface area contributed by atoms with E-state index in [1.165, 1.54) is 5.41 Å². The number of hydrogen-bond donors (Lipinski definition) is 0. The van der Waals surface area contributed by atoms with E-state index in [-0.39, 0.29) is 24.1 Å². The molecule has 0 saturated carbocycles. The maximum absolute atomic E-state index is 11.3. The third-order valence-corrected chi connectivity index (χ3v) is 3.48. The molecule has 4 nitrogen and oxygen atoms in total. The number of ether oxygens (including phenoxy) is 1. The van der Waals surface area contributed by atoms with Crippen LogP contribution in [0.3, 0.4) is 0 Å². The van der Waals surface area contributed by atoms with E-state index in [2.05, 4.69) is 0 Å². The van der Waals surface area contributed by atoms with E-state index in [4.69, 9.17) is 4.74 Å². The lowest BCUT2D eigenvalue weighted by Gasteiger charge is -2.09. The molecule has 1 unspecified atom stereocenters. The topological polar surface area (TPSA) is 60.4 Å². The smallest absolute Gasteiger partial charge is 0.306 e. The molecule has 1 rings (SSSR count). The van der Waals surface area contributed by atoms with Gasteiger partial charge in [0, 0.05) is 11.3 Å². The Balaban J connectivity index is 2.32. The molecule has 1 aliphatic heterocycles. The van der Waals surface area contributed by atoms with Crippen molar-refractivity contribution < 1.29 is 17.9 Å². The average Bonchev–Trinajstić information content (AvgIpc) is 2.42.